The topological polar surface area (TPSA) is 53.8 Å². The second-order valence-electron chi connectivity index (χ2n) is 5.74. The van der Waals surface area contributed by atoms with Gasteiger partial charge >= 0.3 is 0 Å². The first-order valence-corrected chi connectivity index (χ1v) is 6.93. The van der Waals surface area contributed by atoms with Gasteiger partial charge in [-0.15, -0.1) is 0 Å². The zero-order chi connectivity index (χ0) is 13.9. The maximum atomic E-state index is 12.5. The lowest BCUT2D eigenvalue weighted by Crippen LogP contribution is -2.33. The molecule has 19 heavy (non-hydrogen) atoms. The van der Waals surface area contributed by atoms with Crippen LogP contribution in [0.25, 0.3) is 0 Å². The summed E-state index contributed by atoms with van der Waals surface area (Å²) in [4.78, 5) is 16.9. The van der Waals surface area contributed by atoms with E-state index in [0.29, 0.717) is 6.42 Å². The van der Waals surface area contributed by atoms with Crippen LogP contribution in [0.4, 0.5) is 0 Å². The molecule has 1 aliphatic carbocycles. The van der Waals surface area contributed by atoms with Crippen molar-refractivity contribution in [2.45, 2.75) is 46.0 Å². The van der Waals surface area contributed by atoms with E-state index in [1.807, 2.05) is 25.1 Å². The minimum absolute atomic E-state index is 0.0782. The van der Waals surface area contributed by atoms with E-state index in [-0.39, 0.29) is 11.7 Å². The summed E-state index contributed by atoms with van der Waals surface area (Å²) in [7, 11) is 0. The number of hydrogen-bond donors (Lipinski definition) is 0. The lowest BCUT2D eigenvalue weighted by molar-refractivity contribution is -0.129. The SMILES string of the molecule is Cc1cccc(CC(C)(C#N)C(=O)C2CCCC2)n1. The van der Waals surface area contributed by atoms with Gasteiger partial charge in [0.2, 0.25) is 0 Å². The summed E-state index contributed by atoms with van der Waals surface area (Å²) in [6.07, 6.45) is 4.52. The Bertz CT molecular complexity index is 512. The monoisotopic (exact) mass is 256 g/mol. The van der Waals surface area contributed by atoms with E-state index in [4.69, 9.17) is 0 Å². The second kappa shape index (κ2) is 5.52. The molecule has 1 atom stereocenters. The van der Waals surface area contributed by atoms with E-state index >= 15 is 0 Å². The van der Waals surface area contributed by atoms with Gasteiger partial charge in [0.15, 0.2) is 5.78 Å². The highest BCUT2D eigenvalue weighted by Gasteiger charge is 2.39. The number of pyridine rings is 1. The summed E-state index contributed by atoms with van der Waals surface area (Å²) >= 11 is 0. The number of aryl methyl sites for hydroxylation is 1. The second-order valence-corrected chi connectivity index (χ2v) is 5.74. The molecule has 0 saturated heterocycles. The van der Waals surface area contributed by atoms with Crippen LogP contribution in [0, 0.1) is 29.6 Å². The summed E-state index contributed by atoms with van der Waals surface area (Å²) in [5.41, 5.74) is 0.817. The van der Waals surface area contributed by atoms with E-state index < -0.39 is 5.41 Å². The molecule has 1 aromatic heterocycles. The van der Waals surface area contributed by atoms with Crippen LogP contribution in [0.2, 0.25) is 0 Å². The Morgan fingerprint density at radius 1 is 1.47 bits per heavy atom. The molecule has 0 aliphatic heterocycles. The molecule has 1 fully saturated rings. The third-order valence-corrected chi connectivity index (χ3v) is 4.00. The first kappa shape index (κ1) is 13.7. The molecule has 2 rings (SSSR count). The molecule has 3 nitrogen and oxygen atoms in total. The molecular weight excluding hydrogens is 236 g/mol. The molecule has 0 amide bonds. The minimum atomic E-state index is -0.935. The van der Waals surface area contributed by atoms with Gasteiger partial charge in [-0.3, -0.25) is 9.78 Å². The molecule has 0 bridgehead atoms. The molecule has 0 N–H and O–H groups in total. The van der Waals surface area contributed by atoms with Crippen LogP contribution in [0.5, 0.6) is 0 Å². The molecule has 1 unspecified atom stereocenters. The average molecular weight is 256 g/mol. The highest BCUT2D eigenvalue weighted by atomic mass is 16.1. The standard InChI is InChI=1S/C16H20N2O/c1-12-6-5-9-14(18-12)10-16(2,11-17)15(19)13-7-3-4-8-13/h5-6,9,13H,3-4,7-8,10H2,1-2H3. The van der Waals surface area contributed by atoms with Crippen LogP contribution in [0.15, 0.2) is 18.2 Å². The molecule has 0 radical (unpaired) electrons. The fraction of sp³-hybridized carbons (Fsp3) is 0.562. The van der Waals surface area contributed by atoms with Gasteiger partial charge in [-0.05, 0) is 38.8 Å². The fourth-order valence-electron chi connectivity index (χ4n) is 2.88. The molecule has 1 heterocycles. The maximum absolute atomic E-state index is 12.5. The van der Waals surface area contributed by atoms with E-state index in [0.717, 1.165) is 37.1 Å². The van der Waals surface area contributed by atoms with Gasteiger partial charge in [0.25, 0.3) is 0 Å². The molecule has 0 aromatic carbocycles. The molecule has 1 saturated carbocycles. The Morgan fingerprint density at radius 3 is 2.74 bits per heavy atom. The number of nitriles is 1. The summed E-state index contributed by atoms with van der Waals surface area (Å²) in [6, 6.07) is 7.98. The molecule has 1 aliphatic rings. The largest absolute Gasteiger partial charge is 0.298 e. The van der Waals surface area contributed by atoms with Crippen molar-refractivity contribution in [3.05, 3.63) is 29.6 Å². The lowest BCUT2D eigenvalue weighted by Gasteiger charge is -2.23. The predicted molar refractivity (Wildman–Crippen MR) is 73.4 cm³/mol. The average Bonchev–Trinajstić information content (AvgIpc) is 2.91. The van der Waals surface area contributed by atoms with Crippen molar-refractivity contribution in [3.63, 3.8) is 0 Å². The van der Waals surface area contributed by atoms with Crippen molar-refractivity contribution in [3.8, 4) is 6.07 Å². The van der Waals surface area contributed by atoms with Crippen LogP contribution in [-0.4, -0.2) is 10.8 Å². The number of carbonyl (C=O) groups is 1. The number of carbonyl (C=O) groups excluding carboxylic acids is 1. The van der Waals surface area contributed by atoms with Crippen molar-refractivity contribution in [2.75, 3.05) is 0 Å². The van der Waals surface area contributed by atoms with E-state index in [1.54, 1.807) is 6.92 Å². The van der Waals surface area contributed by atoms with Crippen LogP contribution in [-0.2, 0) is 11.2 Å². The molecular formula is C16H20N2O. The number of hydrogen-bond acceptors (Lipinski definition) is 3. The Kier molecular flexibility index (Phi) is 3.99. The first-order chi connectivity index (χ1) is 9.05. The van der Waals surface area contributed by atoms with Crippen molar-refractivity contribution in [2.24, 2.45) is 11.3 Å². The zero-order valence-electron chi connectivity index (χ0n) is 11.6. The van der Waals surface area contributed by atoms with Gasteiger partial charge in [0.05, 0.1) is 6.07 Å². The quantitative estimate of drug-likeness (QED) is 0.831. The Labute approximate surface area is 114 Å². The summed E-state index contributed by atoms with van der Waals surface area (Å²) in [5, 5.41) is 9.45. The number of rotatable bonds is 4. The third kappa shape index (κ3) is 3.01. The van der Waals surface area contributed by atoms with Crippen LogP contribution < -0.4 is 0 Å². The van der Waals surface area contributed by atoms with Crippen LogP contribution in [0.3, 0.4) is 0 Å². The minimum Gasteiger partial charge on any atom is -0.298 e. The fourth-order valence-corrected chi connectivity index (χ4v) is 2.88. The molecule has 100 valence electrons. The van der Waals surface area contributed by atoms with Crippen LogP contribution in [0.1, 0.15) is 44.0 Å². The number of Topliss-reactive ketones (excluding diaryl/α,β-unsaturated/α-hetero) is 1. The molecule has 0 spiro atoms. The number of aromatic nitrogens is 1. The highest BCUT2D eigenvalue weighted by molar-refractivity contribution is 5.89. The summed E-state index contributed by atoms with van der Waals surface area (Å²) < 4.78 is 0. The smallest absolute Gasteiger partial charge is 0.156 e. The van der Waals surface area contributed by atoms with Crippen molar-refractivity contribution in [1.82, 2.24) is 4.98 Å². The summed E-state index contributed by atoms with van der Waals surface area (Å²) in [6.45, 7) is 3.68. The van der Waals surface area contributed by atoms with Gasteiger partial charge in [-0.1, -0.05) is 18.9 Å². The summed E-state index contributed by atoms with van der Waals surface area (Å²) in [5.74, 6) is 0.185. The molecule has 3 heteroatoms. The Hall–Kier alpha value is -1.69. The Morgan fingerprint density at radius 2 is 2.16 bits per heavy atom. The predicted octanol–water partition coefficient (Wildman–Crippen LogP) is 3.22. The van der Waals surface area contributed by atoms with Crippen molar-refractivity contribution < 1.29 is 4.79 Å². The van der Waals surface area contributed by atoms with Crippen molar-refractivity contribution >= 4 is 5.78 Å². The highest BCUT2D eigenvalue weighted by Crippen LogP contribution is 2.34. The maximum Gasteiger partial charge on any atom is 0.156 e. The van der Waals surface area contributed by atoms with Gasteiger partial charge < -0.3 is 0 Å². The normalized spacial score (nSPS) is 18.8. The van der Waals surface area contributed by atoms with Gasteiger partial charge in [-0.25, -0.2) is 0 Å². The zero-order valence-corrected chi connectivity index (χ0v) is 11.6. The van der Waals surface area contributed by atoms with Crippen LogP contribution >= 0.6 is 0 Å². The Balaban J connectivity index is 2.18. The van der Waals surface area contributed by atoms with Gasteiger partial charge in [-0.2, -0.15) is 5.26 Å². The van der Waals surface area contributed by atoms with E-state index in [2.05, 4.69) is 11.1 Å². The van der Waals surface area contributed by atoms with E-state index in [9.17, 15) is 10.1 Å². The van der Waals surface area contributed by atoms with E-state index in [1.165, 1.54) is 0 Å². The first-order valence-electron chi connectivity index (χ1n) is 6.93. The van der Waals surface area contributed by atoms with Gasteiger partial charge in [0, 0.05) is 23.7 Å². The molecule has 1 aromatic rings. The third-order valence-electron chi connectivity index (χ3n) is 4.00. The lowest BCUT2D eigenvalue weighted by atomic mass is 9.76. The van der Waals surface area contributed by atoms with Crippen molar-refractivity contribution in [1.29, 1.82) is 5.26 Å². The number of ketones is 1. The number of nitrogens with zero attached hydrogens (tertiary/aromatic N) is 2. The van der Waals surface area contributed by atoms with Gasteiger partial charge in [0.1, 0.15) is 5.41 Å².